The van der Waals surface area contributed by atoms with Gasteiger partial charge in [0.25, 0.3) is 0 Å². The van der Waals surface area contributed by atoms with Gasteiger partial charge in [0.1, 0.15) is 5.75 Å². The van der Waals surface area contributed by atoms with Crippen LogP contribution in [0, 0.1) is 0 Å². The molecule has 0 amide bonds. The second-order valence-electron chi connectivity index (χ2n) is 9.79. The van der Waals surface area contributed by atoms with Crippen molar-refractivity contribution in [3.05, 3.63) is 48.0 Å². The van der Waals surface area contributed by atoms with Crippen molar-refractivity contribution in [3.63, 3.8) is 0 Å². The van der Waals surface area contributed by atoms with Gasteiger partial charge in [0.2, 0.25) is 20.0 Å². The Hall–Kier alpha value is -2.38. The molecule has 204 valence electrons. The highest BCUT2D eigenvalue weighted by Gasteiger charge is 2.26. The van der Waals surface area contributed by atoms with Gasteiger partial charge in [0, 0.05) is 44.5 Å². The van der Waals surface area contributed by atoms with Crippen molar-refractivity contribution in [2.75, 3.05) is 48.6 Å². The third kappa shape index (κ3) is 7.14. The molecule has 2 aromatic rings. The molecule has 0 spiro atoms. The summed E-state index contributed by atoms with van der Waals surface area (Å²) in [6.45, 7) is 3.06. The first-order chi connectivity index (χ1) is 17.5. The van der Waals surface area contributed by atoms with Crippen LogP contribution in [0.5, 0.6) is 5.75 Å². The predicted octanol–water partition coefficient (Wildman–Crippen LogP) is 2.23. The van der Waals surface area contributed by atoms with E-state index in [9.17, 15) is 27.0 Å². The minimum absolute atomic E-state index is 0.0297. The van der Waals surface area contributed by atoms with Gasteiger partial charge in [-0.3, -0.25) is 4.72 Å². The van der Waals surface area contributed by atoms with Crippen LogP contribution < -0.4 is 14.9 Å². The summed E-state index contributed by atoms with van der Waals surface area (Å²) in [6.07, 6.45) is 4.74. The van der Waals surface area contributed by atoms with E-state index in [0.717, 1.165) is 57.1 Å². The number of nitrogens with one attached hydrogen (secondary N) is 2. The van der Waals surface area contributed by atoms with Crippen LogP contribution >= 0.6 is 0 Å². The average Bonchev–Trinajstić information content (AvgIpc) is 2.88. The summed E-state index contributed by atoms with van der Waals surface area (Å²) in [5.74, 6) is -0.209. The third-order valence-electron chi connectivity index (χ3n) is 6.95. The number of aliphatic hydroxyl groups excluding tert-OH is 1. The number of sulfonamides is 2. The molecular weight excluding hydrogens is 516 g/mol. The summed E-state index contributed by atoms with van der Waals surface area (Å²) in [5, 5.41) is 23.9. The first-order valence-electron chi connectivity index (χ1n) is 12.6. The fraction of sp³-hybridized carbons (Fsp3) is 0.520. The van der Waals surface area contributed by atoms with Crippen molar-refractivity contribution in [1.29, 1.82) is 0 Å². The molecule has 2 heterocycles. The van der Waals surface area contributed by atoms with E-state index in [-0.39, 0.29) is 24.0 Å². The first kappa shape index (κ1) is 27.6. The zero-order chi connectivity index (χ0) is 26.6. The second kappa shape index (κ2) is 11.6. The number of piperidine rings is 2. The zero-order valence-corrected chi connectivity index (χ0v) is 22.6. The number of benzene rings is 2. The molecule has 2 fully saturated rings. The summed E-state index contributed by atoms with van der Waals surface area (Å²) in [6, 6.07) is 11.7. The van der Waals surface area contributed by atoms with Crippen molar-refractivity contribution in [2.24, 2.45) is 0 Å². The highest BCUT2D eigenvalue weighted by Crippen LogP contribution is 2.28. The Labute approximate surface area is 219 Å². The molecule has 0 aromatic heterocycles. The fourth-order valence-corrected chi connectivity index (χ4v) is 6.94. The van der Waals surface area contributed by atoms with Crippen molar-refractivity contribution < 1.29 is 27.0 Å². The number of hydrogen-bond donors (Lipinski definition) is 4. The van der Waals surface area contributed by atoms with Crippen LogP contribution in [0.1, 0.15) is 43.8 Å². The summed E-state index contributed by atoms with van der Waals surface area (Å²) in [4.78, 5) is 2.57. The van der Waals surface area contributed by atoms with E-state index in [1.54, 1.807) is 22.5 Å². The summed E-state index contributed by atoms with van der Waals surface area (Å²) >= 11 is 0. The quantitative estimate of drug-likeness (QED) is 0.348. The SMILES string of the molecule is CS(=O)(=O)Nc1cc(C(O)CNC2CCN(c3ccc(S(=O)(=O)N4CCCCC4)cc3)CC2)ccc1O. The van der Waals surface area contributed by atoms with Gasteiger partial charge in [-0.1, -0.05) is 12.5 Å². The van der Waals surface area contributed by atoms with Gasteiger partial charge in [-0.05, 0) is 67.6 Å². The fourth-order valence-electron chi connectivity index (χ4n) is 4.86. The summed E-state index contributed by atoms with van der Waals surface area (Å²) in [5.41, 5.74) is 1.52. The predicted molar refractivity (Wildman–Crippen MR) is 144 cm³/mol. The Morgan fingerprint density at radius 3 is 2.22 bits per heavy atom. The average molecular weight is 553 g/mol. The number of aliphatic hydroxyl groups is 1. The maximum absolute atomic E-state index is 12.9. The molecule has 37 heavy (non-hydrogen) atoms. The number of anilines is 2. The van der Waals surface area contributed by atoms with Gasteiger partial charge in [-0.25, -0.2) is 16.8 Å². The van der Waals surface area contributed by atoms with Gasteiger partial charge < -0.3 is 20.4 Å². The minimum Gasteiger partial charge on any atom is -0.506 e. The van der Waals surface area contributed by atoms with E-state index in [0.29, 0.717) is 23.5 Å². The standard InChI is InChI=1S/C25H36N4O6S2/c1-36(32,33)27-23-17-19(5-10-24(23)30)25(31)18-26-20-11-15-28(16-12-20)21-6-8-22(9-7-21)37(34,35)29-13-3-2-4-14-29/h5-10,17,20,25-27,30-31H,2-4,11-16,18H2,1H3. The molecule has 12 heteroatoms. The molecule has 10 nitrogen and oxygen atoms in total. The monoisotopic (exact) mass is 552 g/mol. The van der Waals surface area contributed by atoms with Gasteiger partial charge in [0.05, 0.1) is 22.9 Å². The zero-order valence-electron chi connectivity index (χ0n) is 21.0. The molecular formula is C25H36N4O6S2. The Bertz CT molecular complexity index is 1270. The Morgan fingerprint density at radius 2 is 1.59 bits per heavy atom. The molecule has 2 aliphatic rings. The van der Waals surface area contributed by atoms with Crippen LogP contribution in [0.4, 0.5) is 11.4 Å². The number of nitrogens with zero attached hydrogens (tertiary/aromatic N) is 2. The van der Waals surface area contributed by atoms with E-state index in [1.165, 1.54) is 12.1 Å². The van der Waals surface area contributed by atoms with Crippen molar-refractivity contribution in [3.8, 4) is 5.75 Å². The van der Waals surface area contributed by atoms with Crippen LogP contribution in [0.15, 0.2) is 47.4 Å². The molecule has 4 N–H and O–H groups in total. The Morgan fingerprint density at radius 1 is 0.946 bits per heavy atom. The van der Waals surface area contributed by atoms with E-state index in [1.807, 2.05) is 12.1 Å². The highest BCUT2D eigenvalue weighted by atomic mass is 32.2. The van der Waals surface area contributed by atoms with E-state index in [2.05, 4.69) is 14.9 Å². The van der Waals surface area contributed by atoms with Gasteiger partial charge in [0.15, 0.2) is 0 Å². The number of hydrogen-bond acceptors (Lipinski definition) is 8. The molecule has 0 saturated carbocycles. The lowest BCUT2D eigenvalue weighted by Crippen LogP contribution is -2.43. The molecule has 0 bridgehead atoms. The van der Waals surface area contributed by atoms with Crippen molar-refractivity contribution in [1.82, 2.24) is 9.62 Å². The van der Waals surface area contributed by atoms with E-state index in [4.69, 9.17) is 0 Å². The van der Waals surface area contributed by atoms with Crippen LogP contribution in [-0.2, 0) is 20.0 Å². The highest BCUT2D eigenvalue weighted by molar-refractivity contribution is 7.92. The van der Waals surface area contributed by atoms with Crippen LogP contribution in [0.3, 0.4) is 0 Å². The molecule has 2 aromatic carbocycles. The van der Waals surface area contributed by atoms with Crippen LogP contribution in [-0.4, -0.2) is 76.4 Å². The van der Waals surface area contributed by atoms with Gasteiger partial charge >= 0.3 is 0 Å². The normalized spacial score (nSPS) is 19.0. The Kier molecular flexibility index (Phi) is 8.64. The molecule has 1 atom stereocenters. The number of phenolic OH excluding ortho intramolecular Hbond substituents is 1. The Balaban J connectivity index is 1.28. The maximum atomic E-state index is 12.9. The molecule has 0 aliphatic carbocycles. The maximum Gasteiger partial charge on any atom is 0.243 e. The third-order valence-corrected chi connectivity index (χ3v) is 9.45. The lowest BCUT2D eigenvalue weighted by molar-refractivity contribution is 0.167. The number of phenols is 1. The summed E-state index contributed by atoms with van der Waals surface area (Å²) < 4.78 is 52.6. The smallest absolute Gasteiger partial charge is 0.243 e. The van der Waals surface area contributed by atoms with Crippen LogP contribution in [0.25, 0.3) is 0 Å². The lowest BCUT2D eigenvalue weighted by Gasteiger charge is -2.34. The summed E-state index contributed by atoms with van der Waals surface area (Å²) in [7, 11) is -7.00. The second-order valence-corrected chi connectivity index (χ2v) is 13.5. The topological polar surface area (TPSA) is 139 Å². The van der Waals surface area contributed by atoms with Crippen LogP contribution in [0.2, 0.25) is 0 Å². The molecule has 2 saturated heterocycles. The van der Waals surface area contributed by atoms with Gasteiger partial charge in [-0.15, -0.1) is 0 Å². The largest absolute Gasteiger partial charge is 0.506 e. The first-order valence-corrected chi connectivity index (χ1v) is 15.9. The molecule has 4 rings (SSSR count). The lowest BCUT2D eigenvalue weighted by atomic mass is 10.0. The molecule has 0 radical (unpaired) electrons. The molecule has 1 unspecified atom stereocenters. The minimum atomic E-state index is -3.56. The van der Waals surface area contributed by atoms with Crippen molar-refractivity contribution in [2.45, 2.75) is 49.1 Å². The van der Waals surface area contributed by atoms with Crippen molar-refractivity contribution >= 4 is 31.4 Å². The van der Waals surface area contributed by atoms with Gasteiger partial charge in [-0.2, -0.15) is 4.31 Å². The number of rotatable bonds is 9. The number of aromatic hydroxyl groups is 1. The molecule has 2 aliphatic heterocycles. The van der Waals surface area contributed by atoms with E-state index >= 15 is 0 Å². The van der Waals surface area contributed by atoms with E-state index < -0.39 is 26.2 Å².